The fourth-order valence-corrected chi connectivity index (χ4v) is 2.55. The number of rotatable bonds is 3. The largest absolute Gasteiger partial charge is 0.490 e. The van der Waals surface area contributed by atoms with Gasteiger partial charge in [0, 0.05) is 0 Å². The van der Waals surface area contributed by atoms with E-state index in [0.29, 0.717) is 11.6 Å². The van der Waals surface area contributed by atoms with Crippen LogP contribution in [0.4, 0.5) is 0 Å². The molecule has 0 radical (unpaired) electrons. The highest BCUT2D eigenvalue weighted by molar-refractivity contribution is 6.59. The molecule has 0 aliphatic heterocycles. The zero-order valence-corrected chi connectivity index (χ0v) is 11.1. The molecule has 98 valence electrons. The van der Waals surface area contributed by atoms with Crippen molar-refractivity contribution in [2.45, 2.75) is 45.6 Å². The summed E-state index contributed by atoms with van der Waals surface area (Å²) in [5.41, 5.74) is 1.39. The molecule has 1 aliphatic carbocycles. The van der Waals surface area contributed by atoms with Gasteiger partial charge in [-0.05, 0) is 61.7 Å². The van der Waals surface area contributed by atoms with E-state index in [4.69, 9.17) is 14.8 Å². The molecule has 2 N–H and O–H groups in total. The van der Waals surface area contributed by atoms with Crippen molar-refractivity contribution in [1.82, 2.24) is 0 Å². The normalized spacial score (nSPS) is 23.8. The molecule has 1 saturated carbocycles. The zero-order chi connectivity index (χ0) is 13.1. The first-order chi connectivity index (χ1) is 8.56. The quantitative estimate of drug-likeness (QED) is 0.799. The van der Waals surface area contributed by atoms with Crippen LogP contribution in [-0.4, -0.2) is 23.3 Å². The summed E-state index contributed by atoms with van der Waals surface area (Å²) < 4.78 is 5.96. The minimum absolute atomic E-state index is 0.311. The lowest BCUT2D eigenvalue weighted by Crippen LogP contribution is -2.32. The highest BCUT2D eigenvalue weighted by Crippen LogP contribution is 2.27. The third-order valence-electron chi connectivity index (χ3n) is 3.79. The third kappa shape index (κ3) is 3.27. The molecule has 0 spiro atoms. The average Bonchev–Trinajstić information content (AvgIpc) is 2.32. The molecule has 18 heavy (non-hydrogen) atoms. The molecule has 1 fully saturated rings. The van der Waals surface area contributed by atoms with Crippen LogP contribution in [-0.2, 0) is 0 Å². The van der Waals surface area contributed by atoms with Gasteiger partial charge in [0.05, 0.1) is 6.10 Å². The average molecular weight is 248 g/mol. The molecule has 0 unspecified atom stereocenters. The van der Waals surface area contributed by atoms with Crippen LogP contribution in [0.3, 0.4) is 0 Å². The van der Waals surface area contributed by atoms with Crippen molar-refractivity contribution in [2.75, 3.05) is 0 Å². The Bertz CT molecular complexity index is 398. The van der Waals surface area contributed by atoms with Gasteiger partial charge >= 0.3 is 7.12 Å². The molecule has 3 nitrogen and oxygen atoms in total. The van der Waals surface area contributed by atoms with Gasteiger partial charge in [-0.3, -0.25) is 0 Å². The van der Waals surface area contributed by atoms with Crippen LogP contribution in [0.25, 0.3) is 0 Å². The van der Waals surface area contributed by atoms with Crippen molar-refractivity contribution in [3.05, 3.63) is 23.8 Å². The summed E-state index contributed by atoms with van der Waals surface area (Å²) in [7, 11) is -1.41. The molecule has 4 heteroatoms. The lowest BCUT2D eigenvalue weighted by molar-refractivity contribution is 0.135. The van der Waals surface area contributed by atoms with E-state index in [1.54, 1.807) is 6.07 Å². The van der Waals surface area contributed by atoms with Gasteiger partial charge in [0.1, 0.15) is 5.75 Å². The minimum atomic E-state index is -1.41. The van der Waals surface area contributed by atoms with Crippen molar-refractivity contribution < 1.29 is 14.8 Å². The second-order valence-corrected chi connectivity index (χ2v) is 5.39. The smallest absolute Gasteiger partial charge is 0.488 e. The second kappa shape index (κ2) is 5.76. The third-order valence-corrected chi connectivity index (χ3v) is 3.79. The molecular weight excluding hydrogens is 227 g/mol. The maximum atomic E-state index is 9.16. The predicted molar refractivity (Wildman–Crippen MR) is 73.1 cm³/mol. The topological polar surface area (TPSA) is 49.7 Å². The molecule has 1 aromatic rings. The van der Waals surface area contributed by atoms with Crippen molar-refractivity contribution >= 4 is 12.6 Å². The van der Waals surface area contributed by atoms with Crippen molar-refractivity contribution in [3.8, 4) is 5.75 Å². The molecule has 0 amide bonds. The number of hydrogen-bond acceptors (Lipinski definition) is 3. The van der Waals surface area contributed by atoms with Gasteiger partial charge in [0.2, 0.25) is 0 Å². The minimum Gasteiger partial charge on any atom is -0.490 e. The van der Waals surface area contributed by atoms with E-state index in [1.807, 2.05) is 19.1 Å². The lowest BCUT2D eigenvalue weighted by atomic mass is 9.77. The maximum absolute atomic E-state index is 9.16. The second-order valence-electron chi connectivity index (χ2n) is 5.39. The molecule has 0 saturated heterocycles. The van der Waals surface area contributed by atoms with Crippen LogP contribution >= 0.6 is 0 Å². The summed E-state index contributed by atoms with van der Waals surface area (Å²) in [4.78, 5) is 0. The van der Waals surface area contributed by atoms with E-state index in [2.05, 4.69) is 6.92 Å². The number of hydrogen-bond donors (Lipinski definition) is 2. The highest BCUT2D eigenvalue weighted by atomic mass is 16.5. The molecule has 0 aromatic heterocycles. The number of benzene rings is 1. The first kappa shape index (κ1) is 13.4. The van der Waals surface area contributed by atoms with Gasteiger partial charge < -0.3 is 14.8 Å². The Morgan fingerprint density at radius 1 is 1.17 bits per heavy atom. The Labute approximate surface area is 109 Å². The van der Waals surface area contributed by atoms with Crippen molar-refractivity contribution in [1.29, 1.82) is 0 Å². The van der Waals surface area contributed by atoms with E-state index >= 15 is 0 Å². The summed E-state index contributed by atoms with van der Waals surface area (Å²) in [5, 5.41) is 18.3. The van der Waals surface area contributed by atoms with Crippen LogP contribution in [0.5, 0.6) is 5.75 Å². The molecule has 0 bridgehead atoms. The first-order valence-corrected chi connectivity index (χ1v) is 6.69. The molecule has 1 aliphatic rings. The van der Waals surface area contributed by atoms with Gasteiger partial charge in [-0.15, -0.1) is 0 Å². The van der Waals surface area contributed by atoms with E-state index in [-0.39, 0.29) is 0 Å². The fourth-order valence-electron chi connectivity index (χ4n) is 2.55. The van der Waals surface area contributed by atoms with Crippen molar-refractivity contribution in [3.63, 3.8) is 0 Å². The maximum Gasteiger partial charge on any atom is 0.488 e. The summed E-state index contributed by atoms with van der Waals surface area (Å²) in [6.07, 6.45) is 5.01. The highest BCUT2D eigenvalue weighted by Gasteiger charge is 2.20. The summed E-state index contributed by atoms with van der Waals surface area (Å²) in [6, 6.07) is 5.42. The molecule has 1 aromatic carbocycles. The lowest BCUT2D eigenvalue weighted by Gasteiger charge is -2.27. The van der Waals surface area contributed by atoms with E-state index in [9.17, 15) is 0 Å². The Balaban J connectivity index is 2.00. The van der Waals surface area contributed by atoms with Gasteiger partial charge in [-0.1, -0.05) is 13.0 Å². The van der Waals surface area contributed by atoms with Crippen LogP contribution in [0.2, 0.25) is 0 Å². The van der Waals surface area contributed by atoms with Gasteiger partial charge in [0.25, 0.3) is 0 Å². The number of aryl methyl sites for hydroxylation is 1. The molecule has 0 atom stereocenters. The predicted octanol–water partition coefficient (Wildman–Crippen LogP) is 1.63. The van der Waals surface area contributed by atoms with Crippen molar-refractivity contribution in [2.24, 2.45) is 5.92 Å². The monoisotopic (exact) mass is 248 g/mol. The summed E-state index contributed by atoms with van der Waals surface area (Å²) in [6.45, 7) is 4.16. The van der Waals surface area contributed by atoms with E-state index in [0.717, 1.165) is 30.1 Å². The Morgan fingerprint density at radius 2 is 1.83 bits per heavy atom. The number of ether oxygens (including phenoxy) is 1. The van der Waals surface area contributed by atoms with Gasteiger partial charge in [-0.25, -0.2) is 0 Å². The zero-order valence-electron chi connectivity index (χ0n) is 11.1. The Morgan fingerprint density at radius 3 is 2.39 bits per heavy atom. The van der Waals surface area contributed by atoms with Gasteiger partial charge in [0.15, 0.2) is 0 Å². The standard InChI is InChI=1S/C14H21BO3/c1-10-3-5-12(6-4-10)18-13-7-8-14(15(16)17)11(2)9-13/h7-10,12,16-17H,3-6H2,1-2H3. The van der Waals surface area contributed by atoms with Crippen LogP contribution in [0.1, 0.15) is 38.2 Å². The fraction of sp³-hybridized carbons (Fsp3) is 0.571. The van der Waals surface area contributed by atoms with E-state index in [1.165, 1.54) is 12.8 Å². The summed E-state index contributed by atoms with van der Waals surface area (Å²) >= 11 is 0. The Hall–Kier alpha value is -0.995. The van der Waals surface area contributed by atoms with Crippen LogP contribution in [0, 0.1) is 12.8 Å². The first-order valence-electron chi connectivity index (χ1n) is 6.69. The molecule has 0 heterocycles. The Kier molecular flexibility index (Phi) is 4.30. The molecular formula is C14H21BO3. The molecule has 2 rings (SSSR count). The SMILES string of the molecule is Cc1cc(OC2CCC(C)CC2)ccc1B(O)O. The summed E-state index contributed by atoms with van der Waals surface area (Å²) in [5.74, 6) is 1.65. The van der Waals surface area contributed by atoms with Crippen LogP contribution < -0.4 is 10.2 Å². The van der Waals surface area contributed by atoms with Crippen LogP contribution in [0.15, 0.2) is 18.2 Å². The van der Waals surface area contributed by atoms with E-state index < -0.39 is 7.12 Å². The van der Waals surface area contributed by atoms with Gasteiger partial charge in [-0.2, -0.15) is 0 Å².